The molecule has 0 saturated carbocycles. The van der Waals surface area contributed by atoms with E-state index < -0.39 is 0 Å². The number of rotatable bonds is 4. The third kappa shape index (κ3) is 3.56. The number of anilines is 3. The van der Waals surface area contributed by atoms with Crippen LogP contribution >= 0.6 is 0 Å². The quantitative estimate of drug-likeness (QED) is 0.515. The van der Waals surface area contributed by atoms with E-state index in [0.717, 1.165) is 30.0 Å². The van der Waals surface area contributed by atoms with Crippen molar-refractivity contribution in [1.82, 2.24) is 14.5 Å². The van der Waals surface area contributed by atoms with E-state index >= 15 is 0 Å². The van der Waals surface area contributed by atoms with Crippen LogP contribution in [-0.4, -0.2) is 27.6 Å². The lowest BCUT2D eigenvalue weighted by Crippen LogP contribution is -2.29. The van der Waals surface area contributed by atoms with Crippen LogP contribution < -0.4 is 10.2 Å². The molecule has 4 aromatic rings. The van der Waals surface area contributed by atoms with Crippen LogP contribution in [0.15, 0.2) is 67.0 Å². The van der Waals surface area contributed by atoms with Crippen molar-refractivity contribution in [2.24, 2.45) is 7.05 Å². The van der Waals surface area contributed by atoms with Gasteiger partial charge in [-0.15, -0.1) is 0 Å². The van der Waals surface area contributed by atoms with Crippen molar-refractivity contribution in [3.63, 3.8) is 0 Å². The lowest BCUT2D eigenvalue weighted by Gasteiger charge is -2.28. The molecular formula is C24H25N5. The highest BCUT2D eigenvalue weighted by Crippen LogP contribution is 2.29. The van der Waals surface area contributed by atoms with Gasteiger partial charge in [0.05, 0.1) is 5.69 Å². The van der Waals surface area contributed by atoms with Crippen LogP contribution in [0.1, 0.15) is 19.3 Å². The van der Waals surface area contributed by atoms with Crippen molar-refractivity contribution in [1.29, 1.82) is 0 Å². The zero-order chi connectivity index (χ0) is 19.6. The second kappa shape index (κ2) is 7.59. The van der Waals surface area contributed by atoms with Crippen molar-refractivity contribution in [3.05, 3.63) is 67.0 Å². The average molecular weight is 383 g/mol. The summed E-state index contributed by atoms with van der Waals surface area (Å²) in [5.74, 6) is 0.612. The smallest absolute Gasteiger partial charge is 0.227 e. The number of fused-ring (bicyclic) bond motifs is 1. The molecule has 0 spiro atoms. The van der Waals surface area contributed by atoms with E-state index in [0.29, 0.717) is 5.95 Å². The summed E-state index contributed by atoms with van der Waals surface area (Å²) in [5.41, 5.74) is 5.53. The molecule has 29 heavy (non-hydrogen) atoms. The van der Waals surface area contributed by atoms with Crippen molar-refractivity contribution >= 4 is 28.2 Å². The highest BCUT2D eigenvalue weighted by molar-refractivity contribution is 5.95. The van der Waals surface area contributed by atoms with Gasteiger partial charge in [0.1, 0.15) is 0 Å². The number of hydrogen-bond donors (Lipinski definition) is 1. The zero-order valence-electron chi connectivity index (χ0n) is 16.7. The fourth-order valence-electron chi connectivity index (χ4n) is 4.15. The summed E-state index contributed by atoms with van der Waals surface area (Å²) >= 11 is 0. The third-order valence-electron chi connectivity index (χ3n) is 5.67. The maximum atomic E-state index is 4.77. The average Bonchev–Trinajstić information content (AvgIpc) is 3.12. The summed E-state index contributed by atoms with van der Waals surface area (Å²) in [5, 5.41) is 4.55. The van der Waals surface area contributed by atoms with Crippen LogP contribution in [0.3, 0.4) is 0 Å². The van der Waals surface area contributed by atoms with Crippen LogP contribution in [0.2, 0.25) is 0 Å². The van der Waals surface area contributed by atoms with Gasteiger partial charge in [-0.25, -0.2) is 9.97 Å². The SMILES string of the molecule is Cn1cc(-c2ccnc(Nc3ccc(N4CCCCC4)cc3)n2)c2ccccc21. The van der Waals surface area contributed by atoms with Gasteiger partial charge >= 0.3 is 0 Å². The highest BCUT2D eigenvalue weighted by atomic mass is 15.1. The maximum absolute atomic E-state index is 4.77. The summed E-state index contributed by atoms with van der Waals surface area (Å²) < 4.78 is 2.14. The Labute approximate surface area is 171 Å². The van der Waals surface area contributed by atoms with Crippen LogP contribution in [-0.2, 0) is 7.05 Å². The van der Waals surface area contributed by atoms with E-state index in [9.17, 15) is 0 Å². The Bertz CT molecular complexity index is 1120. The standard InChI is InChI=1S/C24H25N5/c1-28-17-21(20-7-3-4-8-23(20)28)22-13-14-25-24(27-22)26-18-9-11-19(12-10-18)29-15-5-2-6-16-29/h3-4,7-14,17H,2,5-6,15-16H2,1H3,(H,25,26,27). The Morgan fingerprint density at radius 2 is 1.69 bits per heavy atom. The summed E-state index contributed by atoms with van der Waals surface area (Å²) in [6.07, 6.45) is 7.86. The lowest BCUT2D eigenvalue weighted by molar-refractivity contribution is 0.578. The molecule has 0 radical (unpaired) electrons. The first-order valence-electron chi connectivity index (χ1n) is 10.3. The number of aromatic nitrogens is 3. The Morgan fingerprint density at radius 3 is 2.52 bits per heavy atom. The summed E-state index contributed by atoms with van der Waals surface area (Å²) in [6.45, 7) is 2.31. The van der Waals surface area contributed by atoms with E-state index in [2.05, 4.69) is 81.5 Å². The molecule has 5 heteroatoms. The number of nitrogens with one attached hydrogen (secondary N) is 1. The molecule has 146 valence electrons. The van der Waals surface area contributed by atoms with E-state index in [-0.39, 0.29) is 0 Å². The molecule has 1 aliphatic rings. The van der Waals surface area contributed by atoms with Crippen molar-refractivity contribution in [2.45, 2.75) is 19.3 Å². The van der Waals surface area contributed by atoms with Gasteiger partial charge in [-0.05, 0) is 55.7 Å². The van der Waals surface area contributed by atoms with Crippen molar-refractivity contribution in [2.75, 3.05) is 23.3 Å². The van der Waals surface area contributed by atoms with Gasteiger partial charge in [0.25, 0.3) is 0 Å². The molecule has 1 saturated heterocycles. The predicted octanol–water partition coefficient (Wildman–Crippen LogP) is 5.37. The van der Waals surface area contributed by atoms with Gasteiger partial charge in [-0.3, -0.25) is 0 Å². The van der Waals surface area contributed by atoms with Gasteiger partial charge in [0.2, 0.25) is 5.95 Å². The first-order valence-corrected chi connectivity index (χ1v) is 10.3. The molecule has 0 bridgehead atoms. The molecule has 1 fully saturated rings. The second-order valence-electron chi connectivity index (χ2n) is 7.66. The summed E-state index contributed by atoms with van der Waals surface area (Å²) in [6, 6.07) is 18.9. The predicted molar refractivity (Wildman–Crippen MR) is 120 cm³/mol. The van der Waals surface area contributed by atoms with Gasteiger partial charge < -0.3 is 14.8 Å². The molecule has 0 atom stereocenters. The molecule has 5 rings (SSSR count). The molecule has 0 amide bonds. The fourth-order valence-corrected chi connectivity index (χ4v) is 4.15. The fraction of sp³-hybridized carbons (Fsp3) is 0.250. The van der Waals surface area contributed by atoms with Crippen molar-refractivity contribution < 1.29 is 0 Å². The topological polar surface area (TPSA) is 46.0 Å². The maximum Gasteiger partial charge on any atom is 0.227 e. The minimum absolute atomic E-state index is 0.612. The van der Waals surface area contributed by atoms with Crippen LogP contribution in [0, 0.1) is 0 Å². The largest absolute Gasteiger partial charge is 0.372 e. The lowest BCUT2D eigenvalue weighted by atomic mass is 10.1. The molecule has 1 N–H and O–H groups in total. The molecule has 0 unspecified atom stereocenters. The molecule has 1 aliphatic heterocycles. The number of aryl methyl sites for hydroxylation is 1. The second-order valence-corrected chi connectivity index (χ2v) is 7.66. The first kappa shape index (κ1) is 17.7. The number of hydrogen-bond acceptors (Lipinski definition) is 4. The van der Waals surface area contributed by atoms with E-state index in [1.165, 1.54) is 35.9 Å². The number of piperidine rings is 1. The first-order chi connectivity index (χ1) is 14.3. The Kier molecular flexibility index (Phi) is 4.64. The van der Waals surface area contributed by atoms with E-state index in [4.69, 9.17) is 4.98 Å². The van der Waals surface area contributed by atoms with E-state index in [1.807, 2.05) is 12.3 Å². The Hall–Kier alpha value is -3.34. The zero-order valence-corrected chi connectivity index (χ0v) is 16.7. The van der Waals surface area contributed by atoms with E-state index in [1.54, 1.807) is 0 Å². The number of nitrogens with zero attached hydrogens (tertiary/aromatic N) is 4. The monoisotopic (exact) mass is 383 g/mol. The van der Waals surface area contributed by atoms with Gasteiger partial charge in [-0.1, -0.05) is 18.2 Å². The molecule has 2 aromatic carbocycles. The van der Waals surface area contributed by atoms with Gasteiger partial charge in [-0.2, -0.15) is 0 Å². The number of benzene rings is 2. The third-order valence-corrected chi connectivity index (χ3v) is 5.67. The summed E-state index contributed by atoms with van der Waals surface area (Å²) in [4.78, 5) is 11.7. The van der Waals surface area contributed by atoms with Crippen molar-refractivity contribution in [3.8, 4) is 11.3 Å². The van der Waals surface area contributed by atoms with Crippen LogP contribution in [0.4, 0.5) is 17.3 Å². The van der Waals surface area contributed by atoms with Crippen LogP contribution in [0.5, 0.6) is 0 Å². The Morgan fingerprint density at radius 1 is 0.897 bits per heavy atom. The number of para-hydroxylation sites is 1. The highest BCUT2D eigenvalue weighted by Gasteiger charge is 2.12. The van der Waals surface area contributed by atoms with Crippen LogP contribution in [0.25, 0.3) is 22.2 Å². The van der Waals surface area contributed by atoms with Gasteiger partial charge in [0, 0.05) is 60.4 Å². The molecule has 5 nitrogen and oxygen atoms in total. The summed E-state index contributed by atoms with van der Waals surface area (Å²) in [7, 11) is 2.07. The molecule has 2 aromatic heterocycles. The normalized spacial score (nSPS) is 14.3. The minimum atomic E-state index is 0.612. The molecule has 0 aliphatic carbocycles. The minimum Gasteiger partial charge on any atom is -0.372 e. The van der Waals surface area contributed by atoms with Gasteiger partial charge in [0.15, 0.2) is 0 Å². The molecule has 3 heterocycles. The molecular weight excluding hydrogens is 358 g/mol. The Balaban J connectivity index is 1.39.